The first-order valence-electron chi connectivity index (χ1n) is 10.6. The summed E-state index contributed by atoms with van der Waals surface area (Å²) in [5.74, 6) is 0. The molecule has 2 aliphatic rings. The van der Waals surface area contributed by atoms with Crippen LogP contribution in [0, 0.1) is 0 Å². The number of hydrogen-bond acceptors (Lipinski definition) is 6. The van der Waals surface area contributed by atoms with Crippen molar-refractivity contribution in [1.29, 1.82) is 0 Å². The van der Waals surface area contributed by atoms with E-state index < -0.39 is 15.7 Å². The van der Waals surface area contributed by atoms with Gasteiger partial charge in [-0.1, -0.05) is 18.6 Å². The van der Waals surface area contributed by atoms with E-state index >= 15 is 0 Å². The molecule has 2 unspecified atom stereocenters. The van der Waals surface area contributed by atoms with E-state index in [-0.39, 0.29) is 12.1 Å². The summed E-state index contributed by atoms with van der Waals surface area (Å²) in [5.41, 5.74) is 0.236. The molecule has 2 aliphatic heterocycles. The van der Waals surface area contributed by atoms with Crippen LogP contribution < -0.4 is 10.6 Å². The van der Waals surface area contributed by atoms with Gasteiger partial charge >= 0.3 is 0 Å². The number of rotatable bonds is 9. The van der Waals surface area contributed by atoms with Crippen molar-refractivity contribution in [1.82, 2.24) is 14.9 Å². The zero-order valence-electron chi connectivity index (χ0n) is 17.8. The summed E-state index contributed by atoms with van der Waals surface area (Å²) in [5, 5.41) is 6.48. The molecule has 1 aromatic carbocycles. The molecule has 2 saturated heterocycles. The molecular weight excluding hydrogens is 390 g/mol. The fourth-order valence-electron chi connectivity index (χ4n) is 4.36. The first-order chi connectivity index (χ1) is 13.9. The third kappa shape index (κ3) is 4.84. The number of unbranched alkanes of at least 4 members (excludes halogenated alkanes) is 1. The molecule has 0 radical (unpaired) electrons. The lowest BCUT2D eigenvalue weighted by Gasteiger charge is -2.41. The van der Waals surface area contributed by atoms with Crippen LogP contribution >= 0.6 is 0 Å². The summed E-state index contributed by atoms with van der Waals surface area (Å²) in [6.07, 6.45) is 4.10. The Bertz CT molecular complexity index is 748. The lowest BCUT2D eigenvalue weighted by Crippen LogP contribution is -2.56. The van der Waals surface area contributed by atoms with E-state index in [2.05, 4.69) is 10.6 Å². The smallest absolute Gasteiger partial charge is 0.245 e. The maximum absolute atomic E-state index is 13.7. The zero-order chi connectivity index (χ0) is 20.9. The van der Waals surface area contributed by atoms with E-state index in [0.717, 1.165) is 44.5 Å². The third-order valence-electron chi connectivity index (χ3n) is 6.14. The van der Waals surface area contributed by atoms with Crippen LogP contribution in [-0.4, -0.2) is 64.9 Å². The molecule has 0 aliphatic carbocycles. The average molecular weight is 426 g/mol. The Hall–Kier alpha value is -1.03. The molecule has 0 amide bonds. The summed E-state index contributed by atoms with van der Waals surface area (Å²) >= 11 is 0. The van der Waals surface area contributed by atoms with Crippen LogP contribution in [0.1, 0.15) is 50.7 Å². The van der Waals surface area contributed by atoms with Gasteiger partial charge in [0.05, 0.1) is 23.6 Å². The van der Waals surface area contributed by atoms with E-state index in [1.54, 1.807) is 23.5 Å². The molecule has 29 heavy (non-hydrogen) atoms. The minimum absolute atomic E-state index is 0.0717. The number of nitrogens with one attached hydrogen (secondary N) is 2. The molecule has 2 heterocycles. The van der Waals surface area contributed by atoms with Crippen LogP contribution in [0.5, 0.6) is 0 Å². The van der Waals surface area contributed by atoms with E-state index in [4.69, 9.17) is 9.47 Å². The maximum atomic E-state index is 13.7. The molecule has 8 heteroatoms. The molecule has 0 aromatic heterocycles. The number of piperidine rings is 1. The number of sulfonamides is 1. The number of hydrogen-bond donors (Lipinski definition) is 2. The Morgan fingerprint density at radius 3 is 2.59 bits per heavy atom. The van der Waals surface area contributed by atoms with Crippen LogP contribution in [0.3, 0.4) is 0 Å². The molecule has 0 saturated carbocycles. The summed E-state index contributed by atoms with van der Waals surface area (Å²) in [7, 11) is -0.0764. The van der Waals surface area contributed by atoms with Gasteiger partial charge in [0, 0.05) is 20.0 Å². The lowest BCUT2D eigenvalue weighted by atomic mass is 10.0. The van der Waals surface area contributed by atoms with Gasteiger partial charge in [-0.2, -0.15) is 4.31 Å². The first kappa shape index (κ1) is 22.7. The fourth-order valence-corrected chi connectivity index (χ4v) is 6.29. The number of ether oxygens (including phenoxy) is 2. The van der Waals surface area contributed by atoms with Crippen LogP contribution in [0.2, 0.25) is 0 Å². The Morgan fingerprint density at radius 2 is 1.97 bits per heavy atom. The lowest BCUT2D eigenvalue weighted by molar-refractivity contribution is -0.0715. The van der Waals surface area contributed by atoms with Crippen molar-refractivity contribution < 1.29 is 17.9 Å². The minimum atomic E-state index is -3.66. The van der Waals surface area contributed by atoms with Crippen molar-refractivity contribution in [3.63, 3.8) is 0 Å². The third-order valence-corrected chi connectivity index (χ3v) is 8.15. The second-order valence-corrected chi connectivity index (χ2v) is 9.82. The molecule has 1 spiro atoms. The number of benzene rings is 1. The van der Waals surface area contributed by atoms with Gasteiger partial charge in [0.25, 0.3) is 0 Å². The van der Waals surface area contributed by atoms with E-state index in [1.807, 2.05) is 26.1 Å². The van der Waals surface area contributed by atoms with Crippen molar-refractivity contribution in [3.8, 4) is 0 Å². The normalized spacial score (nSPS) is 23.5. The molecular formula is C21H35N3O4S. The summed E-state index contributed by atoms with van der Waals surface area (Å²) < 4.78 is 40.7. The standard InChI is InChI=1S/C21H35N3O4S/c1-17(27-3)18-7-9-20(10-8-18)29(25,26)24-19(6-4-5-13-22-2)16-28-21(24)11-14-23-15-12-21/h7-10,17,19,22-23H,4-6,11-16H2,1-3H3. The Balaban J connectivity index is 1.87. The van der Waals surface area contributed by atoms with E-state index in [0.29, 0.717) is 24.3 Å². The summed E-state index contributed by atoms with van der Waals surface area (Å²) in [6.45, 7) is 4.89. The Kier molecular flexibility index (Phi) is 7.69. The SMILES string of the molecule is CNCCCCC1COC2(CCNCC2)N1S(=O)(=O)c1ccc(C(C)OC)cc1. The van der Waals surface area contributed by atoms with Gasteiger partial charge in [-0.05, 0) is 64.1 Å². The molecule has 2 fully saturated rings. The molecule has 3 rings (SSSR count). The fraction of sp³-hybridized carbons (Fsp3) is 0.714. The maximum Gasteiger partial charge on any atom is 0.245 e. The first-order valence-corrected chi connectivity index (χ1v) is 12.1. The van der Waals surface area contributed by atoms with Crippen LogP contribution in [-0.2, 0) is 19.5 Å². The van der Waals surface area contributed by atoms with Crippen LogP contribution in [0.25, 0.3) is 0 Å². The van der Waals surface area contributed by atoms with Gasteiger partial charge in [-0.25, -0.2) is 8.42 Å². The topological polar surface area (TPSA) is 79.9 Å². The van der Waals surface area contributed by atoms with Crippen molar-refractivity contribution in [2.24, 2.45) is 0 Å². The molecule has 164 valence electrons. The minimum Gasteiger partial charge on any atom is -0.377 e. The van der Waals surface area contributed by atoms with Crippen molar-refractivity contribution in [2.75, 3.05) is 40.4 Å². The van der Waals surface area contributed by atoms with Gasteiger partial charge in [-0.15, -0.1) is 0 Å². The highest BCUT2D eigenvalue weighted by molar-refractivity contribution is 7.89. The second-order valence-electron chi connectivity index (χ2n) is 8.01. The highest BCUT2D eigenvalue weighted by atomic mass is 32.2. The number of nitrogens with zero attached hydrogens (tertiary/aromatic N) is 1. The van der Waals surface area contributed by atoms with Crippen LogP contribution in [0.4, 0.5) is 0 Å². The average Bonchev–Trinajstić information content (AvgIpc) is 3.09. The van der Waals surface area contributed by atoms with Crippen molar-refractivity contribution >= 4 is 10.0 Å². The van der Waals surface area contributed by atoms with Gasteiger partial charge in [0.15, 0.2) is 0 Å². The Labute approximate surface area is 175 Å². The van der Waals surface area contributed by atoms with Gasteiger partial charge in [0.2, 0.25) is 10.0 Å². The molecule has 2 atom stereocenters. The summed E-state index contributed by atoms with van der Waals surface area (Å²) in [6, 6.07) is 6.97. The molecule has 0 bridgehead atoms. The van der Waals surface area contributed by atoms with Gasteiger partial charge in [-0.3, -0.25) is 0 Å². The van der Waals surface area contributed by atoms with Gasteiger partial charge < -0.3 is 20.1 Å². The predicted octanol–water partition coefficient (Wildman–Crippen LogP) is 2.25. The predicted molar refractivity (Wildman–Crippen MR) is 113 cm³/mol. The summed E-state index contributed by atoms with van der Waals surface area (Å²) in [4.78, 5) is 0.327. The molecule has 1 aromatic rings. The zero-order valence-corrected chi connectivity index (χ0v) is 18.6. The molecule has 2 N–H and O–H groups in total. The van der Waals surface area contributed by atoms with Crippen LogP contribution in [0.15, 0.2) is 29.2 Å². The van der Waals surface area contributed by atoms with E-state index in [1.165, 1.54) is 0 Å². The largest absolute Gasteiger partial charge is 0.377 e. The number of methoxy groups -OCH3 is 1. The molecule has 7 nitrogen and oxygen atoms in total. The quantitative estimate of drug-likeness (QED) is 0.591. The highest BCUT2D eigenvalue weighted by Crippen LogP contribution is 2.41. The van der Waals surface area contributed by atoms with Gasteiger partial charge in [0.1, 0.15) is 5.72 Å². The monoisotopic (exact) mass is 425 g/mol. The van der Waals surface area contributed by atoms with Crippen molar-refractivity contribution in [3.05, 3.63) is 29.8 Å². The van der Waals surface area contributed by atoms with Crippen molar-refractivity contribution in [2.45, 2.75) is 61.8 Å². The van der Waals surface area contributed by atoms with E-state index in [9.17, 15) is 8.42 Å². The second kappa shape index (κ2) is 9.85. The highest BCUT2D eigenvalue weighted by Gasteiger charge is 2.53. The Morgan fingerprint density at radius 1 is 1.28 bits per heavy atom.